The number of hydrogen-bond donors (Lipinski definition) is 2. The van der Waals surface area contributed by atoms with Gasteiger partial charge in [0.2, 0.25) is 5.91 Å². The van der Waals surface area contributed by atoms with Crippen LogP contribution in [0.1, 0.15) is 43.7 Å². The van der Waals surface area contributed by atoms with Crippen LogP contribution in [0.25, 0.3) is 0 Å². The van der Waals surface area contributed by atoms with Gasteiger partial charge in [0.25, 0.3) is 0 Å². The van der Waals surface area contributed by atoms with Gasteiger partial charge in [-0.1, -0.05) is 24.3 Å². The highest BCUT2D eigenvalue weighted by Crippen LogP contribution is 2.37. The monoisotopic (exact) mass is 296 g/mol. The quantitative estimate of drug-likeness (QED) is 0.821. The van der Waals surface area contributed by atoms with Gasteiger partial charge in [-0.2, -0.15) is 0 Å². The Balaban J connectivity index is 0.00000200. The highest BCUT2D eigenvalue weighted by molar-refractivity contribution is 5.88. The van der Waals surface area contributed by atoms with Gasteiger partial charge in [-0.3, -0.25) is 4.79 Å². The van der Waals surface area contributed by atoms with Crippen LogP contribution in [0.5, 0.6) is 0 Å². The van der Waals surface area contributed by atoms with Gasteiger partial charge in [-0.15, -0.1) is 12.4 Å². The van der Waals surface area contributed by atoms with Crippen molar-refractivity contribution in [2.24, 2.45) is 5.73 Å². The highest BCUT2D eigenvalue weighted by atomic mass is 35.5. The predicted molar refractivity (Wildman–Crippen MR) is 85.3 cm³/mol. The average Bonchev–Trinajstić information content (AvgIpc) is 2.44. The van der Waals surface area contributed by atoms with E-state index >= 15 is 0 Å². The minimum atomic E-state index is -0.364. The number of nitrogens with one attached hydrogen (secondary N) is 1. The van der Waals surface area contributed by atoms with Crippen molar-refractivity contribution in [2.45, 2.75) is 44.4 Å². The van der Waals surface area contributed by atoms with Crippen molar-refractivity contribution >= 4 is 18.3 Å². The fourth-order valence-corrected chi connectivity index (χ4v) is 2.95. The summed E-state index contributed by atoms with van der Waals surface area (Å²) in [5, 5.41) is 3.07. The van der Waals surface area contributed by atoms with Crippen molar-refractivity contribution < 1.29 is 4.79 Å². The van der Waals surface area contributed by atoms with Crippen molar-refractivity contribution in [1.82, 2.24) is 5.32 Å². The van der Waals surface area contributed by atoms with Gasteiger partial charge in [0, 0.05) is 6.54 Å². The zero-order valence-electron chi connectivity index (χ0n) is 12.2. The van der Waals surface area contributed by atoms with E-state index in [9.17, 15) is 4.79 Å². The fraction of sp³-hybridized carbons (Fsp3) is 0.562. The first kappa shape index (κ1) is 17.0. The number of fused-ring (bicyclic) bond motifs is 1. The van der Waals surface area contributed by atoms with Crippen LogP contribution >= 0.6 is 12.4 Å². The second kappa shape index (κ2) is 7.65. The van der Waals surface area contributed by atoms with Gasteiger partial charge in [-0.25, -0.2) is 0 Å². The SMILES string of the molecule is CC1(C(=O)NCCCCN)CCCc2ccccc21.Cl. The zero-order chi connectivity index (χ0) is 13.7. The summed E-state index contributed by atoms with van der Waals surface area (Å²) in [5.74, 6) is 0.164. The van der Waals surface area contributed by atoms with Crippen LogP contribution < -0.4 is 11.1 Å². The number of nitrogens with two attached hydrogens (primary N) is 1. The van der Waals surface area contributed by atoms with E-state index in [1.807, 2.05) is 6.07 Å². The molecule has 1 aliphatic carbocycles. The molecule has 1 aliphatic rings. The summed E-state index contributed by atoms with van der Waals surface area (Å²) in [6.45, 7) is 3.49. The summed E-state index contributed by atoms with van der Waals surface area (Å²) >= 11 is 0. The van der Waals surface area contributed by atoms with Gasteiger partial charge >= 0.3 is 0 Å². The zero-order valence-corrected chi connectivity index (χ0v) is 13.0. The first-order valence-corrected chi connectivity index (χ1v) is 7.25. The number of hydrogen-bond acceptors (Lipinski definition) is 2. The molecule has 1 aromatic carbocycles. The number of unbranched alkanes of at least 4 members (excludes halogenated alkanes) is 1. The number of amides is 1. The minimum absolute atomic E-state index is 0. The molecule has 0 fully saturated rings. The lowest BCUT2D eigenvalue weighted by atomic mass is 9.70. The van der Waals surface area contributed by atoms with Crippen LogP contribution in [-0.2, 0) is 16.6 Å². The Morgan fingerprint density at radius 3 is 2.85 bits per heavy atom. The molecule has 0 spiro atoms. The highest BCUT2D eigenvalue weighted by Gasteiger charge is 2.38. The molecular formula is C16H25ClN2O. The smallest absolute Gasteiger partial charge is 0.230 e. The topological polar surface area (TPSA) is 55.1 Å². The van der Waals surface area contributed by atoms with Gasteiger partial charge in [0.1, 0.15) is 0 Å². The maximum Gasteiger partial charge on any atom is 0.230 e. The van der Waals surface area contributed by atoms with E-state index in [1.54, 1.807) is 0 Å². The van der Waals surface area contributed by atoms with E-state index in [1.165, 1.54) is 11.1 Å². The number of rotatable bonds is 5. The summed E-state index contributed by atoms with van der Waals surface area (Å²) in [7, 11) is 0. The molecular weight excluding hydrogens is 272 g/mol. The molecule has 20 heavy (non-hydrogen) atoms. The third kappa shape index (κ3) is 3.53. The molecule has 1 aromatic rings. The molecule has 0 aromatic heterocycles. The third-order valence-electron chi connectivity index (χ3n) is 4.15. The van der Waals surface area contributed by atoms with E-state index in [0.717, 1.165) is 38.6 Å². The fourth-order valence-electron chi connectivity index (χ4n) is 2.95. The largest absolute Gasteiger partial charge is 0.355 e. The summed E-state index contributed by atoms with van der Waals surface area (Å²) in [4.78, 5) is 12.5. The first-order chi connectivity index (χ1) is 9.18. The van der Waals surface area contributed by atoms with E-state index in [0.29, 0.717) is 6.54 Å². The Labute approximate surface area is 127 Å². The lowest BCUT2D eigenvalue weighted by molar-refractivity contribution is -0.126. The predicted octanol–water partition coefficient (Wildman–Crippen LogP) is 2.56. The Kier molecular flexibility index (Phi) is 6.50. The normalized spacial score (nSPS) is 20.7. The van der Waals surface area contributed by atoms with Crippen LogP contribution in [0.3, 0.4) is 0 Å². The lowest BCUT2D eigenvalue weighted by Crippen LogP contribution is -2.44. The first-order valence-electron chi connectivity index (χ1n) is 7.25. The second-order valence-corrected chi connectivity index (χ2v) is 5.59. The Morgan fingerprint density at radius 2 is 2.10 bits per heavy atom. The number of aryl methyl sites for hydroxylation is 1. The number of carbonyl (C=O) groups excluding carboxylic acids is 1. The Morgan fingerprint density at radius 1 is 1.35 bits per heavy atom. The molecule has 0 aliphatic heterocycles. The summed E-state index contributed by atoms with van der Waals surface area (Å²) in [5.41, 5.74) is 7.63. The summed E-state index contributed by atoms with van der Waals surface area (Å²) in [6, 6.07) is 8.34. The van der Waals surface area contributed by atoms with Crippen molar-refractivity contribution in [3.05, 3.63) is 35.4 Å². The average molecular weight is 297 g/mol. The molecule has 2 rings (SSSR count). The van der Waals surface area contributed by atoms with E-state index in [2.05, 4.69) is 30.4 Å². The maximum atomic E-state index is 12.5. The molecule has 0 radical (unpaired) electrons. The van der Waals surface area contributed by atoms with E-state index < -0.39 is 0 Å². The van der Waals surface area contributed by atoms with Crippen LogP contribution in [0.4, 0.5) is 0 Å². The molecule has 3 N–H and O–H groups in total. The number of halogens is 1. The lowest BCUT2D eigenvalue weighted by Gasteiger charge is -2.34. The second-order valence-electron chi connectivity index (χ2n) is 5.59. The van der Waals surface area contributed by atoms with Gasteiger partial charge in [-0.05, 0) is 56.7 Å². The van der Waals surface area contributed by atoms with Gasteiger partial charge in [0.05, 0.1) is 5.41 Å². The van der Waals surface area contributed by atoms with Gasteiger partial charge in [0.15, 0.2) is 0 Å². The summed E-state index contributed by atoms with van der Waals surface area (Å²) < 4.78 is 0. The van der Waals surface area contributed by atoms with E-state index in [4.69, 9.17) is 5.73 Å². The van der Waals surface area contributed by atoms with Crippen molar-refractivity contribution in [3.8, 4) is 0 Å². The molecule has 0 saturated carbocycles. The summed E-state index contributed by atoms with van der Waals surface area (Å²) in [6.07, 6.45) is 5.04. The number of benzene rings is 1. The minimum Gasteiger partial charge on any atom is -0.355 e. The molecule has 4 heteroatoms. The molecule has 0 bridgehead atoms. The molecule has 1 amide bonds. The van der Waals surface area contributed by atoms with Crippen LogP contribution in [0.15, 0.2) is 24.3 Å². The van der Waals surface area contributed by atoms with Crippen LogP contribution in [0, 0.1) is 0 Å². The van der Waals surface area contributed by atoms with Crippen molar-refractivity contribution in [1.29, 1.82) is 0 Å². The van der Waals surface area contributed by atoms with Crippen LogP contribution in [0.2, 0.25) is 0 Å². The third-order valence-corrected chi connectivity index (χ3v) is 4.15. The van der Waals surface area contributed by atoms with Crippen LogP contribution in [-0.4, -0.2) is 19.0 Å². The van der Waals surface area contributed by atoms with Crippen molar-refractivity contribution in [3.63, 3.8) is 0 Å². The Hall–Kier alpha value is -1.06. The van der Waals surface area contributed by atoms with E-state index in [-0.39, 0.29) is 23.7 Å². The van der Waals surface area contributed by atoms with Crippen molar-refractivity contribution in [2.75, 3.05) is 13.1 Å². The molecule has 3 nitrogen and oxygen atoms in total. The molecule has 112 valence electrons. The standard InChI is InChI=1S/C16H24N2O.ClH/c1-16(15(19)18-12-5-4-11-17)10-6-8-13-7-2-3-9-14(13)16;/h2-3,7,9H,4-6,8,10-12,17H2,1H3,(H,18,19);1H. The maximum absolute atomic E-state index is 12.5. The van der Waals surface area contributed by atoms with Gasteiger partial charge < -0.3 is 11.1 Å². The molecule has 0 saturated heterocycles. The molecule has 1 unspecified atom stereocenters. The molecule has 1 atom stereocenters. The Bertz CT molecular complexity index is 450. The number of carbonyl (C=O) groups is 1. The molecule has 0 heterocycles.